The van der Waals surface area contributed by atoms with Crippen molar-refractivity contribution in [3.8, 4) is 6.07 Å². The van der Waals surface area contributed by atoms with Crippen LogP contribution in [-0.4, -0.2) is 46.2 Å². The zero-order valence-electron chi connectivity index (χ0n) is 9.28. The smallest absolute Gasteiger partial charge is 0.0950 e. The van der Waals surface area contributed by atoms with Crippen molar-refractivity contribution < 1.29 is 14.2 Å². The Morgan fingerprint density at radius 3 is 2.40 bits per heavy atom. The van der Waals surface area contributed by atoms with Gasteiger partial charge in [0.25, 0.3) is 0 Å². The van der Waals surface area contributed by atoms with E-state index in [1.807, 2.05) is 6.07 Å². The highest BCUT2D eigenvalue weighted by molar-refractivity contribution is 4.85. The van der Waals surface area contributed by atoms with E-state index < -0.39 is 6.04 Å². The summed E-state index contributed by atoms with van der Waals surface area (Å²) in [6, 6.07) is 1.54. The van der Waals surface area contributed by atoms with E-state index in [0.717, 1.165) is 6.42 Å². The Bertz CT molecular complexity index is 171. The van der Waals surface area contributed by atoms with E-state index in [0.29, 0.717) is 39.5 Å². The Kier molecular flexibility index (Phi) is 10.9. The number of ether oxygens (including phenoxy) is 3. The van der Waals surface area contributed by atoms with Crippen molar-refractivity contribution in [2.24, 2.45) is 5.73 Å². The first kappa shape index (κ1) is 14.3. The number of hydrogen-bond acceptors (Lipinski definition) is 5. The Labute approximate surface area is 91.1 Å². The maximum atomic E-state index is 8.40. The summed E-state index contributed by atoms with van der Waals surface area (Å²) in [5.74, 6) is 0. The molecule has 1 unspecified atom stereocenters. The Hall–Kier alpha value is -0.670. The average Bonchev–Trinajstić information content (AvgIpc) is 2.26. The number of hydrogen-bond donors (Lipinski definition) is 1. The Balaban J connectivity index is 2.96. The molecule has 0 aromatic heterocycles. The second-order valence-corrected chi connectivity index (χ2v) is 3.10. The standard InChI is InChI=1S/C10H20N2O3/c1-13-7-8-15-5-2-4-14-6-3-10(12)9-11/h10H,2-8,12H2,1H3. The molecular formula is C10H20N2O3. The van der Waals surface area contributed by atoms with Crippen LogP contribution in [0.3, 0.4) is 0 Å². The fraction of sp³-hybridized carbons (Fsp3) is 0.900. The van der Waals surface area contributed by atoms with Gasteiger partial charge in [-0.15, -0.1) is 0 Å². The first-order valence-electron chi connectivity index (χ1n) is 5.11. The lowest BCUT2D eigenvalue weighted by molar-refractivity contribution is 0.0508. The molecule has 88 valence electrons. The summed E-state index contributed by atoms with van der Waals surface area (Å²) in [5.41, 5.74) is 5.39. The molecule has 0 radical (unpaired) electrons. The Morgan fingerprint density at radius 2 is 1.80 bits per heavy atom. The molecule has 0 saturated carbocycles. The van der Waals surface area contributed by atoms with Crippen LogP contribution >= 0.6 is 0 Å². The second kappa shape index (κ2) is 11.4. The summed E-state index contributed by atoms with van der Waals surface area (Å²) in [6.45, 7) is 3.10. The maximum Gasteiger partial charge on any atom is 0.0950 e. The van der Waals surface area contributed by atoms with Crippen molar-refractivity contribution in [3.05, 3.63) is 0 Å². The molecule has 0 fully saturated rings. The first-order chi connectivity index (χ1) is 7.31. The van der Waals surface area contributed by atoms with Gasteiger partial charge in [-0.2, -0.15) is 5.26 Å². The minimum Gasteiger partial charge on any atom is -0.382 e. The van der Waals surface area contributed by atoms with Crippen LogP contribution in [0.1, 0.15) is 12.8 Å². The molecule has 0 aliphatic carbocycles. The molecule has 5 heteroatoms. The maximum absolute atomic E-state index is 8.40. The van der Waals surface area contributed by atoms with Gasteiger partial charge >= 0.3 is 0 Å². The SMILES string of the molecule is COCCOCCCOCCC(N)C#N. The van der Waals surface area contributed by atoms with Crippen molar-refractivity contribution in [1.82, 2.24) is 0 Å². The van der Waals surface area contributed by atoms with Crippen LogP contribution in [0, 0.1) is 11.3 Å². The normalized spacial score (nSPS) is 12.3. The van der Waals surface area contributed by atoms with Crippen molar-refractivity contribution in [2.45, 2.75) is 18.9 Å². The van der Waals surface area contributed by atoms with E-state index in [1.165, 1.54) is 0 Å². The number of methoxy groups -OCH3 is 1. The third-order valence-corrected chi connectivity index (χ3v) is 1.75. The van der Waals surface area contributed by atoms with E-state index in [4.69, 9.17) is 25.2 Å². The molecule has 1 atom stereocenters. The van der Waals surface area contributed by atoms with Gasteiger partial charge in [-0.3, -0.25) is 0 Å². The van der Waals surface area contributed by atoms with Gasteiger partial charge in [0.2, 0.25) is 0 Å². The molecule has 0 aromatic rings. The summed E-state index contributed by atoms with van der Waals surface area (Å²) in [6.07, 6.45) is 1.44. The van der Waals surface area contributed by atoms with E-state index in [-0.39, 0.29) is 0 Å². The molecule has 0 bridgehead atoms. The monoisotopic (exact) mass is 216 g/mol. The molecule has 5 nitrogen and oxygen atoms in total. The van der Waals surface area contributed by atoms with Crippen LogP contribution in [0.15, 0.2) is 0 Å². The van der Waals surface area contributed by atoms with Crippen LogP contribution in [0.25, 0.3) is 0 Å². The minimum absolute atomic E-state index is 0.414. The zero-order chi connectivity index (χ0) is 11.4. The predicted octanol–water partition coefficient (Wildman–Crippen LogP) is 0.297. The quantitative estimate of drug-likeness (QED) is 0.531. The van der Waals surface area contributed by atoms with Crippen molar-refractivity contribution >= 4 is 0 Å². The third kappa shape index (κ3) is 11.3. The molecule has 0 aliphatic heterocycles. The van der Waals surface area contributed by atoms with Crippen LogP contribution in [0.5, 0.6) is 0 Å². The molecule has 0 spiro atoms. The topological polar surface area (TPSA) is 77.5 Å². The molecule has 0 saturated heterocycles. The highest BCUT2D eigenvalue weighted by atomic mass is 16.5. The van der Waals surface area contributed by atoms with Crippen LogP contribution in [-0.2, 0) is 14.2 Å². The lowest BCUT2D eigenvalue weighted by Crippen LogP contribution is -2.19. The van der Waals surface area contributed by atoms with Crippen LogP contribution in [0.2, 0.25) is 0 Å². The fourth-order valence-electron chi connectivity index (χ4n) is 0.884. The van der Waals surface area contributed by atoms with Gasteiger partial charge in [0.1, 0.15) is 0 Å². The number of nitriles is 1. The summed E-state index contributed by atoms with van der Waals surface area (Å²) >= 11 is 0. The van der Waals surface area contributed by atoms with Gasteiger partial charge in [-0.05, 0) is 12.8 Å². The number of nitrogens with zero attached hydrogens (tertiary/aromatic N) is 1. The third-order valence-electron chi connectivity index (χ3n) is 1.75. The summed E-state index contributed by atoms with van der Waals surface area (Å²) in [5, 5.41) is 8.40. The van der Waals surface area contributed by atoms with E-state index >= 15 is 0 Å². The Morgan fingerprint density at radius 1 is 1.13 bits per heavy atom. The van der Waals surface area contributed by atoms with Crippen molar-refractivity contribution in [3.63, 3.8) is 0 Å². The molecule has 0 aliphatic rings. The summed E-state index contributed by atoms with van der Waals surface area (Å²) in [4.78, 5) is 0. The average molecular weight is 216 g/mol. The lowest BCUT2D eigenvalue weighted by atomic mass is 10.3. The van der Waals surface area contributed by atoms with Crippen LogP contribution < -0.4 is 5.73 Å². The zero-order valence-corrected chi connectivity index (χ0v) is 9.28. The van der Waals surface area contributed by atoms with Crippen LogP contribution in [0.4, 0.5) is 0 Å². The van der Waals surface area contributed by atoms with Gasteiger partial charge in [-0.1, -0.05) is 0 Å². The molecule has 2 N–H and O–H groups in total. The van der Waals surface area contributed by atoms with Crippen molar-refractivity contribution in [1.29, 1.82) is 5.26 Å². The van der Waals surface area contributed by atoms with E-state index in [9.17, 15) is 0 Å². The van der Waals surface area contributed by atoms with Gasteiger partial charge < -0.3 is 19.9 Å². The van der Waals surface area contributed by atoms with Gasteiger partial charge in [-0.25, -0.2) is 0 Å². The molecule has 0 amide bonds. The molecule has 0 rings (SSSR count). The molecule has 15 heavy (non-hydrogen) atoms. The lowest BCUT2D eigenvalue weighted by Gasteiger charge is -2.05. The summed E-state index contributed by atoms with van der Waals surface area (Å²) in [7, 11) is 1.64. The highest BCUT2D eigenvalue weighted by Crippen LogP contribution is 1.90. The number of rotatable bonds is 10. The molecule has 0 heterocycles. The minimum atomic E-state index is -0.414. The predicted molar refractivity (Wildman–Crippen MR) is 56.3 cm³/mol. The van der Waals surface area contributed by atoms with Gasteiger partial charge in [0.15, 0.2) is 0 Å². The second-order valence-electron chi connectivity index (χ2n) is 3.10. The van der Waals surface area contributed by atoms with E-state index in [2.05, 4.69) is 0 Å². The summed E-state index contributed by atoms with van der Waals surface area (Å²) < 4.78 is 15.3. The van der Waals surface area contributed by atoms with E-state index in [1.54, 1.807) is 7.11 Å². The molecule has 0 aromatic carbocycles. The van der Waals surface area contributed by atoms with Gasteiger partial charge in [0, 0.05) is 26.9 Å². The largest absolute Gasteiger partial charge is 0.382 e. The fourth-order valence-corrected chi connectivity index (χ4v) is 0.884. The van der Waals surface area contributed by atoms with Gasteiger partial charge in [0.05, 0.1) is 25.3 Å². The number of nitrogens with two attached hydrogens (primary N) is 1. The molecular weight excluding hydrogens is 196 g/mol. The first-order valence-corrected chi connectivity index (χ1v) is 5.11. The van der Waals surface area contributed by atoms with Crippen molar-refractivity contribution in [2.75, 3.05) is 40.1 Å². The highest BCUT2D eigenvalue weighted by Gasteiger charge is 1.98.